The number of ketones is 1. The summed E-state index contributed by atoms with van der Waals surface area (Å²) in [7, 11) is 0. The third-order valence-electron chi connectivity index (χ3n) is 7.62. The van der Waals surface area contributed by atoms with Crippen LogP contribution in [0.1, 0.15) is 29.7 Å². The Morgan fingerprint density at radius 2 is 1.73 bits per heavy atom. The van der Waals surface area contributed by atoms with Gasteiger partial charge in [0.05, 0.1) is 24.8 Å². The van der Waals surface area contributed by atoms with Crippen LogP contribution >= 0.6 is 0 Å². The van der Waals surface area contributed by atoms with E-state index in [2.05, 4.69) is 4.90 Å². The number of fused-ring (bicyclic) bond motifs is 1. The van der Waals surface area contributed by atoms with E-state index in [1.54, 1.807) is 11.0 Å². The molecule has 0 spiro atoms. The van der Waals surface area contributed by atoms with E-state index < -0.39 is 17.7 Å². The van der Waals surface area contributed by atoms with E-state index in [0.29, 0.717) is 55.4 Å². The Hall–Kier alpha value is -4.14. The van der Waals surface area contributed by atoms with Gasteiger partial charge in [-0.3, -0.25) is 14.5 Å². The van der Waals surface area contributed by atoms with E-state index in [0.717, 1.165) is 24.4 Å². The number of benzene rings is 3. The van der Waals surface area contributed by atoms with Crippen molar-refractivity contribution in [2.24, 2.45) is 0 Å². The SMILES string of the molecule is CC1Cc2cc(/C(O)=C3/C(=O)C(=O)N(CCN4CCOCC4)C3c3cccc(Oc4ccccc4)c3)ccc2O1. The number of morpholine rings is 1. The summed E-state index contributed by atoms with van der Waals surface area (Å²) in [4.78, 5) is 30.8. The number of hydrogen-bond donors (Lipinski definition) is 1. The lowest BCUT2D eigenvalue weighted by molar-refractivity contribution is -0.140. The molecule has 0 aromatic heterocycles. The van der Waals surface area contributed by atoms with E-state index in [1.165, 1.54) is 0 Å². The predicted octanol–water partition coefficient (Wildman–Crippen LogP) is 4.56. The standard InChI is InChI=1S/C32H32N2O6/c1-21-18-24-19-23(10-11-27(24)39-21)30(35)28-29(22-6-5-9-26(20-22)40-25-7-3-2-4-8-25)34(32(37)31(28)36)13-12-33-14-16-38-17-15-33/h2-11,19-21,29,35H,12-18H2,1H3/b30-28-. The van der Waals surface area contributed by atoms with Crippen LogP contribution in [0.25, 0.3) is 5.76 Å². The molecule has 1 amide bonds. The highest BCUT2D eigenvalue weighted by molar-refractivity contribution is 6.46. The number of carbonyl (C=O) groups excluding carboxylic acids is 2. The third kappa shape index (κ3) is 5.20. The molecule has 8 heteroatoms. The van der Waals surface area contributed by atoms with Gasteiger partial charge in [-0.05, 0) is 60.5 Å². The van der Waals surface area contributed by atoms with Gasteiger partial charge in [0.1, 0.15) is 29.1 Å². The Kier molecular flexibility index (Phi) is 7.28. The first-order chi connectivity index (χ1) is 19.5. The molecule has 2 atom stereocenters. The minimum absolute atomic E-state index is 0.0468. The van der Waals surface area contributed by atoms with E-state index in [9.17, 15) is 14.7 Å². The number of rotatable bonds is 7. The maximum Gasteiger partial charge on any atom is 0.295 e. The molecule has 2 unspecified atom stereocenters. The van der Waals surface area contributed by atoms with Gasteiger partial charge in [-0.2, -0.15) is 0 Å². The summed E-state index contributed by atoms with van der Waals surface area (Å²) in [5.41, 5.74) is 2.22. The van der Waals surface area contributed by atoms with Crippen LogP contribution in [0, 0.1) is 0 Å². The molecular weight excluding hydrogens is 508 g/mol. The summed E-state index contributed by atoms with van der Waals surface area (Å²) in [6.45, 7) is 5.75. The van der Waals surface area contributed by atoms with Crippen molar-refractivity contribution in [3.8, 4) is 17.2 Å². The normalized spacial score (nSPS) is 22.3. The Bertz CT molecular complexity index is 1450. The summed E-state index contributed by atoms with van der Waals surface area (Å²) >= 11 is 0. The van der Waals surface area contributed by atoms with Crippen LogP contribution in [0.2, 0.25) is 0 Å². The molecular formula is C32H32N2O6. The van der Waals surface area contributed by atoms with Crippen molar-refractivity contribution < 1.29 is 28.9 Å². The van der Waals surface area contributed by atoms with Crippen molar-refractivity contribution >= 4 is 17.4 Å². The lowest BCUT2D eigenvalue weighted by Crippen LogP contribution is -2.42. The monoisotopic (exact) mass is 540 g/mol. The number of carbonyl (C=O) groups is 2. The summed E-state index contributed by atoms with van der Waals surface area (Å²) < 4.78 is 17.3. The minimum atomic E-state index is -0.760. The fraction of sp³-hybridized carbons (Fsp3) is 0.312. The first-order valence-electron chi connectivity index (χ1n) is 13.7. The zero-order chi connectivity index (χ0) is 27.6. The molecule has 3 aromatic rings. The fourth-order valence-corrected chi connectivity index (χ4v) is 5.63. The number of aliphatic hydroxyl groups excluding tert-OH is 1. The van der Waals surface area contributed by atoms with Crippen LogP contribution in [-0.4, -0.2) is 72.1 Å². The number of para-hydroxylation sites is 1. The fourth-order valence-electron chi connectivity index (χ4n) is 5.63. The highest BCUT2D eigenvalue weighted by Gasteiger charge is 2.46. The topological polar surface area (TPSA) is 88.5 Å². The first kappa shape index (κ1) is 26.1. The number of hydrogen-bond acceptors (Lipinski definition) is 7. The van der Waals surface area contributed by atoms with Gasteiger partial charge >= 0.3 is 0 Å². The van der Waals surface area contributed by atoms with Crippen LogP contribution in [0.5, 0.6) is 17.2 Å². The van der Waals surface area contributed by atoms with Gasteiger partial charge < -0.3 is 24.2 Å². The quantitative estimate of drug-likeness (QED) is 0.267. The van der Waals surface area contributed by atoms with E-state index in [1.807, 2.05) is 73.7 Å². The van der Waals surface area contributed by atoms with Crippen molar-refractivity contribution in [3.63, 3.8) is 0 Å². The van der Waals surface area contributed by atoms with Crippen molar-refractivity contribution in [2.75, 3.05) is 39.4 Å². The maximum absolute atomic E-state index is 13.5. The van der Waals surface area contributed by atoms with Gasteiger partial charge in [0.15, 0.2) is 0 Å². The predicted molar refractivity (Wildman–Crippen MR) is 149 cm³/mol. The van der Waals surface area contributed by atoms with Crippen LogP contribution in [0.15, 0.2) is 78.4 Å². The molecule has 3 aromatic carbocycles. The van der Waals surface area contributed by atoms with Crippen molar-refractivity contribution in [1.29, 1.82) is 0 Å². The second-order valence-corrected chi connectivity index (χ2v) is 10.4. The van der Waals surface area contributed by atoms with E-state index in [-0.39, 0.29) is 17.4 Å². The van der Waals surface area contributed by atoms with Gasteiger partial charge in [0.25, 0.3) is 11.7 Å². The molecule has 3 heterocycles. The molecule has 0 radical (unpaired) electrons. The molecule has 2 saturated heterocycles. The van der Waals surface area contributed by atoms with Gasteiger partial charge in [0.2, 0.25) is 0 Å². The molecule has 1 N–H and O–H groups in total. The Morgan fingerprint density at radius 3 is 2.52 bits per heavy atom. The molecule has 2 fully saturated rings. The molecule has 40 heavy (non-hydrogen) atoms. The molecule has 8 nitrogen and oxygen atoms in total. The number of aliphatic hydroxyl groups is 1. The molecule has 0 saturated carbocycles. The average Bonchev–Trinajstić information content (AvgIpc) is 3.47. The van der Waals surface area contributed by atoms with Gasteiger partial charge in [-0.25, -0.2) is 0 Å². The average molecular weight is 541 g/mol. The van der Waals surface area contributed by atoms with Gasteiger partial charge in [0, 0.05) is 38.2 Å². The van der Waals surface area contributed by atoms with E-state index in [4.69, 9.17) is 14.2 Å². The van der Waals surface area contributed by atoms with Crippen molar-refractivity contribution in [3.05, 3.63) is 95.1 Å². The van der Waals surface area contributed by atoms with E-state index >= 15 is 0 Å². The number of likely N-dealkylation sites (tertiary alicyclic amines) is 1. The molecule has 6 rings (SSSR count). The third-order valence-corrected chi connectivity index (χ3v) is 7.62. The highest BCUT2D eigenvalue weighted by atomic mass is 16.5. The van der Waals surface area contributed by atoms with Gasteiger partial charge in [-0.1, -0.05) is 30.3 Å². The lowest BCUT2D eigenvalue weighted by Gasteiger charge is -2.31. The van der Waals surface area contributed by atoms with Gasteiger partial charge in [-0.15, -0.1) is 0 Å². The minimum Gasteiger partial charge on any atom is -0.507 e. The summed E-state index contributed by atoms with van der Waals surface area (Å²) in [6, 6.07) is 21.4. The molecule has 3 aliphatic heterocycles. The zero-order valence-electron chi connectivity index (χ0n) is 22.4. The summed E-state index contributed by atoms with van der Waals surface area (Å²) in [5, 5.41) is 11.6. The number of amides is 1. The Labute approximate surface area is 233 Å². The molecule has 3 aliphatic rings. The lowest BCUT2D eigenvalue weighted by atomic mass is 9.94. The second-order valence-electron chi connectivity index (χ2n) is 10.4. The molecule has 0 aliphatic carbocycles. The Balaban J connectivity index is 1.38. The summed E-state index contributed by atoms with van der Waals surface area (Å²) in [5.74, 6) is 0.532. The van der Waals surface area contributed by atoms with Crippen molar-refractivity contribution in [1.82, 2.24) is 9.80 Å². The molecule has 0 bridgehead atoms. The number of Topliss-reactive ketones (excluding diaryl/α,β-unsaturated/α-hetero) is 1. The Morgan fingerprint density at radius 1 is 0.950 bits per heavy atom. The zero-order valence-corrected chi connectivity index (χ0v) is 22.4. The van der Waals surface area contributed by atoms with Crippen LogP contribution in [-0.2, 0) is 20.7 Å². The number of nitrogens with zero attached hydrogens (tertiary/aromatic N) is 2. The number of ether oxygens (including phenoxy) is 3. The second kappa shape index (κ2) is 11.2. The molecule has 206 valence electrons. The van der Waals surface area contributed by atoms with Crippen molar-refractivity contribution in [2.45, 2.75) is 25.5 Å². The highest BCUT2D eigenvalue weighted by Crippen LogP contribution is 2.41. The van der Waals surface area contributed by atoms with Crippen LogP contribution in [0.4, 0.5) is 0 Å². The van der Waals surface area contributed by atoms with Crippen LogP contribution in [0.3, 0.4) is 0 Å². The smallest absolute Gasteiger partial charge is 0.295 e. The van der Waals surface area contributed by atoms with Crippen LogP contribution < -0.4 is 9.47 Å². The largest absolute Gasteiger partial charge is 0.507 e. The maximum atomic E-state index is 13.5. The summed E-state index contributed by atoms with van der Waals surface area (Å²) in [6.07, 6.45) is 0.762. The first-order valence-corrected chi connectivity index (χ1v) is 13.7.